The Bertz CT molecular complexity index is 170. The predicted molar refractivity (Wildman–Crippen MR) is 46.4 cm³/mol. The lowest BCUT2D eigenvalue weighted by Crippen LogP contribution is -1.98. The third-order valence-corrected chi connectivity index (χ3v) is 1.84. The Kier molecular flexibility index (Phi) is 13.4. The van der Waals surface area contributed by atoms with Crippen molar-refractivity contribution in [3.63, 3.8) is 0 Å². The van der Waals surface area contributed by atoms with Crippen molar-refractivity contribution in [3.05, 3.63) is 0 Å². The minimum Gasteiger partial charge on any atom is -0.481 e. The van der Waals surface area contributed by atoms with Crippen molar-refractivity contribution in [2.45, 2.75) is 6.92 Å². The van der Waals surface area contributed by atoms with Crippen LogP contribution in [0.1, 0.15) is 6.92 Å². The second-order valence-corrected chi connectivity index (χ2v) is 3.31. The maximum atomic E-state index is 10.4. The monoisotopic (exact) mass is 229 g/mol. The van der Waals surface area contributed by atoms with Gasteiger partial charge in [0.2, 0.25) is 8.03 Å². The van der Waals surface area contributed by atoms with E-state index in [2.05, 4.69) is 9.05 Å². The molecule has 13 heavy (non-hydrogen) atoms. The first kappa shape index (κ1) is 15.1. The quantitative estimate of drug-likeness (QED) is 0.721. The summed E-state index contributed by atoms with van der Waals surface area (Å²) in [7, 11) is -0.865. The van der Waals surface area contributed by atoms with Crippen LogP contribution < -0.4 is 0 Å². The average Bonchev–Trinajstić information content (AvgIpc) is 2.04. The highest BCUT2D eigenvalue weighted by atomic mass is 31.1. The number of carboxylic acids is 1. The molecule has 77 valence electrons. The van der Waals surface area contributed by atoms with Gasteiger partial charge in [-0.1, -0.05) is 0 Å². The number of aliphatic carboxylic acids is 1. The van der Waals surface area contributed by atoms with Crippen molar-refractivity contribution in [2.24, 2.45) is 0 Å². The second kappa shape index (κ2) is 11.6. The number of rotatable bonds is 5. The van der Waals surface area contributed by atoms with Crippen LogP contribution in [-0.2, 0) is 23.0 Å². The van der Waals surface area contributed by atoms with Gasteiger partial charge in [0.1, 0.15) is 6.16 Å². The molecule has 1 atom stereocenters. The highest BCUT2D eigenvalue weighted by Gasteiger charge is 2.04. The number of hydrogen-bond acceptors (Lipinski definition) is 5. The van der Waals surface area contributed by atoms with E-state index in [-0.39, 0.29) is 8.69 Å². The molecule has 0 saturated heterocycles. The van der Waals surface area contributed by atoms with Gasteiger partial charge >= 0.3 is 14.7 Å². The Labute approximate surface area is 78.4 Å². The van der Waals surface area contributed by atoms with Crippen LogP contribution in [0.5, 0.6) is 0 Å². The first-order valence-electron chi connectivity index (χ1n) is 3.23. The van der Waals surface area contributed by atoms with Gasteiger partial charge in [-0.2, -0.15) is 0 Å². The van der Waals surface area contributed by atoms with Crippen molar-refractivity contribution in [2.75, 3.05) is 19.9 Å². The molecule has 0 aliphatic heterocycles. The molecule has 1 unspecified atom stereocenters. The van der Waals surface area contributed by atoms with Gasteiger partial charge in [0.25, 0.3) is 0 Å². The maximum absolute atomic E-state index is 10.4. The zero-order valence-corrected chi connectivity index (χ0v) is 9.09. The van der Waals surface area contributed by atoms with Gasteiger partial charge in [-0.05, 0) is 6.92 Å². The van der Waals surface area contributed by atoms with Crippen LogP contribution in [0.4, 0.5) is 0 Å². The van der Waals surface area contributed by atoms with Crippen LogP contribution in [0.15, 0.2) is 0 Å². The van der Waals surface area contributed by atoms with Gasteiger partial charge in [-0.15, -0.1) is 0 Å². The van der Waals surface area contributed by atoms with Gasteiger partial charge < -0.3 is 9.63 Å². The topological polar surface area (TPSA) is 89.9 Å². The van der Waals surface area contributed by atoms with Gasteiger partial charge in [0.05, 0.1) is 6.61 Å². The average molecular weight is 229 g/mol. The molecule has 1 radical (unpaired) electrons. The molecule has 0 amide bonds. The number of carboxylic acid groups (broad SMARTS) is 1. The predicted octanol–water partition coefficient (Wildman–Crippen LogP) is 1.69. The van der Waals surface area contributed by atoms with E-state index in [0.717, 1.165) is 0 Å². The lowest BCUT2D eigenvalue weighted by molar-refractivity contribution is -0.134. The van der Waals surface area contributed by atoms with Crippen LogP contribution in [-0.4, -0.2) is 31.0 Å². The summed E-state index contributed by atoms with van der Waals surface area (Å²) in [5, 5.41) is 8.05. The zero-order chi connectivity index (χ0) is 10.7. The fraction of sp³-hybridized carbons (Fsp3) is 0.800. The van der Waals surface area contributed by atoms with Crippen molar-refractivity contribution < 1.29 is 28.1 Å². The third kappa shape index (κ3) is 18.5. The molecule has 0 aromatic rings. The lowest BCUT2D eigenvalue weighted by Gasteiger charge is -1.93. The van der Waals surface area contributed by atoms with Crippen LogP contribution in [0.3, 0.4) is 0 Å². The van der Waals surface area contributed by atoms with Crippen molar-refractivity contribution in [1.29, 1.82) is 0 Å². The molecule has 0 rings (SSSR count). The van der Waals surface area contributed by atoms with E-state index in [1.54, 1.807) is 6.92 Å². The van der Waals surface area contributed by atoms with E-state index < -0.39 is 20.2 Å². The second-order valence-electron chi connectivity index (χ2n) is 1.56. The standard InChI is InChI=1S/C4H8O4P.CH3O2P/c1-2-8-9(7)3-4(5)6;1-3-4-2/h2-3H2,1H3,(H,5,6);1H3. The normalized spacial score (nSPS) is 10.2. The van der Waals surface area contributed by atoms with Crippen molar-refractivity contribution in [1.82, 2.24) is 0 Å². The summed E-state index contributed by atoms with van der Waals surface area (Å²) in [6, 6.07) is 0. The molecule has 0 aromatic carbocycles. The van der Waals surface area contributed by atoms with Crippen molar-refractivity contribution in [3.8, 4) is 0 Å². The molecule has 0 heterocycles. The summed E-state index contributed by atoms with van der Waals surface area (Å²) in [6.07, 6.45) is -0.400. The molecule has 6 nitrogen and oxygen atoms in total. The highest BCUT2D eigenvalue weighted by Crippen LogP contribution is 2.20. The first-order chi connectivity index (χ1) is 6.08. The van der Waals surface area contributed by atoms with Gasteiger partial charge in [-0.3, -0.25) is 13.9 Å². The first-order valence-corrected chi connectivity index (χ1v) is 5.32. The van der Waals surface area contributed by atoms with E-state index in [4.69, 9.17) is 9.67 Å². The van der Waals surface area contributed by atoms with Crippen LogP contribution in [0, 0.1) is 0 Å². The lowest BCUT2D eigenvalue weighted by atomic mass is 10.8. The van der Waals surface area contributed by atoms with E-state index in [1.807, 2.05) is 0 Å². The summed E-state index contributed by atoms with van der Waals surface area (Å²) in [4.78, 5) is 9.82. The van der Waals surface area contributed by atoms with E-state index in [0.29, 0.717) is 6.61 Å². The van der Waals surface area contributed by atoms with E-state index >= 15 is 0 Å². The van der Waals surface area contributed by atoms with E-state index in [1.165, 1.54) is 7.11 Å². The maximum Gasteiger partial charge on any atom is 0.327 e. The van der Waals surface area contributed by atoms with Crippen LogP contribution in [0.25, 0.3) is 0 Å². The Morgan fingerprint density at radius 3 is 2.31 bits per heavy atom. The molecule has 0 bridgehead atoms. The van der Waals surface area contributed by atoms with Gasteiger partial charge in [-0.25, -0.2) is 4.57 Å². The molecule has 0 spiro atoms. The summed E-state index contributed by atoms with van der Waals surface area (Å²) >= 11 is 0. The third-order valence-electron chi connectivity index (χ3n) is 0.612. The molecule has 1 N–H and O–H groups in total. The summed E-state index contributed by atoms with van der Waals surface area (Å²) < 4.78 is 27.9. The van der Waals surface area contributed by atoms with Gasteiger partial charge in [0.15, 0.2) is 0 Å². The Morgan fingerprint density at radius 2 is 2.08 bits per heavy atom. The minimum atomic E-state index is -1.97. The summed E-state index contributed by atoms with van der Waals surface area (Å²) in [5.74, 6) is -1.09. The Balaban J connectivity index is 0. The Morgan fingerprint density at radius 1 is 1.62 bits per heavy atom. The smallest absolute Gasteiger partial charge is 0.327 e. The van der Waals surface area contributed by atoms with Gasteiger partial charge in [0, 0.05) is 7.11 Å². The van der Waals surface area contributed by atoms with Crippen molar-refractivity contribution >= 4 is 22.7 Å². The molecule has 0 fully saturated rings. The summed E-state index contributed by atoms with van der Waals surface area (Å²) in [6.45, 7) is 1.96. The fourth-order valence-electron chi connectivity index (χ4n) is 0.300. The van der Waals surface area contributed by atoms with Crippen LogP contribution in [0.2, 0.25) is 0 Å². The van der Waals surface area contributed by atoms with Crippen LogP contribution >= 0.6 is 16.7 Å². The molecule has 0 aliphatic rings. The molecule has 0 aliphatic carbocycles. The largest absolute Gasteiger partial charge is 0.481 e. The minimum absolute atomic E-state index is 0.252. The molecule has 0 saturated carbocycles. The summed E-state index contributed by atoms with van der Waals surface area (Å²) in [5.41, 5.74) is 0. The molecular weight excluding hydrogens is 218 g/mol. The molecule has 8 heteroatoms. The molecule has 0 aromatic heterocycles. The highest BCUT2D eigenvalue weighted by molar-refractivity contribution is 7.40. The number of hydrogen-bond donors (Lipinski definition) is 1. The Hall–Kier alpha value is -0.410. The van der Waals surface area contributed by atoms with E-state index in [9.17, 15) is 9.36 Å². The fourth-order valence-corrected chi connectivity index (χ4v) is 0.900. The SMILES string of the molecule is CCO[P](=O)CC(=O)O.COP=O. The molecular formula is C5H11O6P2. The zero-order valence-electron chi connectivity index (χ0n) is 7.30. The number of carbonyl (C=O) groups is 1.